The lowest BCUT2D eigenvalue weighted by Gasteiger charge is -2.32. The molecular formula is C29H27F3N4O. The van der Waals surface area contributed by atoms with Gasteiger partial charge in [-0.25, -0.2) is 18.2 Å². The average molecular weight is 505 g/mol. The molecule has 0 saturated carbocycles. The van der Waals surface area contributed by atoms with Crippen molar-refractivity contribution in [2.45, 2.75) is 32.0 Å². The molecule has 1 saturated heterocycles. The Bertz CT molecular complexity index is 1640. The number of likely N-dealkylation sites (tertiary alicyclic amines) is 1. The Morgan fingerprint density at radius 1 is 1.08 bits per heavy atom. The van der Waals surface area contributed by atoms with Gasteiger partial charge in [0.2, 0.25) is 0 Å². The number of carbonyl (C=O) groups is 1. The second kappa shape index (κ2) is 9.10. The van der Waals surface area contributed by atoms with Gasteiger partial charge in [-0.1, -0.05) is 24.3 Å². The van der Waals surface area contributed by atoms with Gasteiger partial charge < -0.3 is 9.88 Å². The number of alkyl halides is 1. The first-order valence-corrected chi connectivity index (χ1v) is 12.4. The molecule has 2 aromatic heterocycles. The summed E-state index contributed by atoms with van der Waals surface area (Å²) in [5, 5.41) is 0.581. The predicted molar refractivity (Wildman–Crippen MR) is 139 cm³/mol. The minimum Gasteiger partial charge on any atom is -0.361 e. The third-order valence-corrected chi connectivity index (χ3v) is 7.26. The molecule has 1 atom stereocenters. The van der Waals surface area contributed by atoms with Crippen molar-refractivity contribution in [1.82, 2.24) is 19.4 Å². The lowest BCUT2D eigenvalue weighted by Crippen LogP contribution is -2.38. The topological polar surface area (TPSA) is 53.9 Å². The van der Waals surface area contributed by atoms with Gasteiger partial charge in [0.15, 0.2) is 6.30 Å². The van der Waals surface area contributed by atoms with Crippen molar-refractivity contribution in [2.75, 3.05) is 13.1 Å². The number of nitrogens with zero attached hydrogens (tertiary/aromatic N) is 3. The molecule has 1 amide bonds. The fourth-order valence-corrected chi connectivity index (χ4v) is 5.44. The van der Waals surface area contributed by atoms with Crippen LogP contribution in [-0.4, -0.2) is 38.4 Å². The number of carbonyl (C=O) groups excluding carboxylic acids is 1. The summed E-state index contributed by atoms with van der Waals surface area (Å²) in [6.07, 6.45) is 1.69. The van der Waals surface area contributed by atoms with Crippen molar-refractivity contribution in [2.24, 2.45) is 0 Å². The monoisotopic (exact) mass is 504 g/mol. The molecule has 1 fully saturated rings. The smallest absolute Gasteiger partial charge is 0.256 e. The van der Waals surface area contributed by atoms with E-state index in [0.29, 0.717) is 53.8 Å². The summed E-state index contributed by atoms with van der Waals surface area (Å²) in [6, 6.07) is 16.4. The van der Waals surface area contributed by atoms with E-state index in [1.54, 1.807) is 27.8 Å². The minimum atomic E-state index is -1.22. The zero-order chi connectivity index (χ0) is 25.7. The summed E-state index contributed by atoms with van der Waals surface area (Å²) in [6.45, 7) is 2.34. The quantitative estimate of drug-likeness (QED) is 0.281. The summed E-state index contributed by atoms with van der Waals surface area (Å²) in [5.74, 6) is -0.692. The summed E-state index contributed by atoms with van der Waals surface area (Å²) < 4.78 is 45.1. The molecular weight excluding hydrogens is 477 g/mol. The van der Waals surface area contributed by atoms with Crippen LogP contribution in [0.2, 0.25) is 0 Å². The van der Waals surface area contributed by atoms with E-state index in [9.17, 15) is 13.6 Å². The van der Waals surface area contributed by atoms with Gasteiger partial charge in [0.05, 0.1) is 16.6 Å². The van der Waals surface area contributed by atoms with E-state index >= 15 is 4.39 Å². The highest BCUT2D eigenvalue weighted by Crippen LogP contribution is 2.34. The number of aromatic nitrogens is 3. The first kappa shape index (κ1) is 23.3. The van der Waals surface area contributed by atoms with Crippen LogP contribution in [0.4, 0.5) is 13.2 Å². The van der Waals surface area contributed by atoms with Crippen LogP contribution in [0.3, 0.4) is 0 Å². The number of para-hydroxylation sites is 2. The highest BCUT2D eigenvalue weighted by molar-refractivity contribution is 6.02. The Morgan fingerprint density at radius 3 is 2.62 bits per heavy atom. The third kappa shape index (κ3) is 4.06. The number of benzene rings is 3. The van der Waals surface area contributed by atoms with E-state index in [0.717, 1.165) is 11.0 Å². The number of H-pyrrole nitrogens is 1. The molecule has 37 heavy (non-hydrogen) atoms. The van der Waals surface area contributed by atoms with Gasteiger partial charge in [0.1, 0.15) is 17.5 Å². The van der Waals surface area contributed by atoms with Crippen molar-refractivity contribution in [1.29, 1.82) is 0 Å². The number of hydrogen-bond acceptors (Lipinski definition) is 2. The lowest BCUT2D eigenvalue weighted by atomic mass is 9.95. The molecule has 0 spiro atoms. The van der Waals surface area contributed by atoms with E-state index in [2.05, 4.69) is 4.98 Å². The second-order valence-corrected chi connectivity index (χ2v) is 9.56. The fourth-order valence-electron chi connectivity index (χ4n) is 5.44. The van der Waals surface area contributed by atoms with Gasteiger partial charge in [0, 0.05) is 43.1 Å². The van der Waals surface area contributed by atoms with Crippen molar-refractivity contribution in [3.8, 4) is 11.1 Å². The summed E-state index contributed by atoms with van der Waals surface area (Å²) >= 11 is 0. The molecule has 3 aromatic carbocycles. The largest absolute Gasteiger partial charge is 0.361 e. The van der Waals surface area contributed by atoms with E-state index in [4.69, 9.17) is 4.98 Å². The van der Waals surface area contributed by atoms with Crippen LogP contribution in [0, 0.1) is 11.6 Å². The molecule has 5 nitrogen and oxygen atoms in total. The molecule has 190 valence electrons. The molecule has 8 heteroatoms. The number of aromatic amines is 1. The third-order valence-electron chi connectivity index (χ3n) is 7.26. The number of halogens is 3. The van der Waals surface area contributed by atoms with E-state index in [1.807, 2.05) is 24.3 Å². The molecule has 0 radical (unpaired) electrons. The zero-order valence-electron chi connectivity index (χ0n) is 20.2. The van der Waals surface area contributed by atoms with Crippen molar-refractivity contribution in [3.05, 3.63) is 89.9 Å². The molecule has 6 rings (SSSR count). The normalized spacial score (nSPS) is 15.5. The SMILES string of the molecule is CC(F)n1c(C2CCN(C(=O)c3cc4[nH]cc(-c5cccc(F)c5)c4cc3F)CC2)nc2ccccc21.[HH]. The molecule has 0 bridgehead atoms. The maximum atomic E-state index is 15.2. The van der Waals surface area contributed by atoms with Gasteiger partial charge in [0.25, 0.3) is 5.91 Å². The summed E-state index contributed by atoms with van der Waals surface area (Å²) in [5.41, 5.74) is 3.38. The standard InChI is InChI=1S/C29H25F3N4O.H2/c1-17(30)36-27-8-3-2-7-25(27)34-28(36)18-9-11-35(12-10-18)29(37)22-15-26-21(14-24(22)32)23(16-33-26)19-5-4-6-20(31)13-19;/h2-8,13-18,33H,9-12H2,1H3;1H. The average Bonchev–Trinajstić information content (AvgIpc) is 3.49. The van der Waals surface area contributed by atoms with Gasteiger partial charge in [-0.2, -0.15) is 0 Å². The van der Waals surface area contributed by atoms with Crippen LogP contribution in [0.25, 0.3) is 33.1 Å². The predicted octanol–water partition coefficient (Wildman–Crippen LogP) is 7.22. The molecule has 1 aliphatic heterocycles. The Balaban J connectivity index is 0.00000294. The van der Waals surface area contributed by atoms with E-state index < -0.39 is 12.1 Å². The number of nitrogens with one attached hydrogen (secondary N) is 1. The fraction of sp³-hybridized carbons (Fsp3) is 0.241. The first-order chi connectivity index (χ1) is 17.9. The van der Waals surface area contributed by atoms with Gasteiger partial charge >= 0.3 is 0 Å². The molecule has 1 N–H and O–H groups in total. The maximum absolute atomic E-state index is 15.2. The van der Waals surface area contributed by atoms with Crippen molar-refractivity contribution >= 4 is 27.8 Å². The Labute approximate surface area is 213 Å². The molecule has 5 aromatic rings. The number of piperidine rings is 1. The van der Waals surface area contributed by atoms with Gasteiger partial charge in [-0.15, -0.1) is 0 Å². The van der Waals surface area contributed by atoms with Gasteiger partial charge in [-0.3, -0.25) is 9.36 Å². The zero-order valence-corrected chi connectivity index (χ0v) is 20.2. The van der Waals surface area contributed by atoms with Crippen molar-refractivity contribution < 1.29 is 19.4 Å². The summed E-state index contributed by atoms with van der Waals surface area (Å²) in [7, 11) is 0. The van der Waals surface area contributed by atoms with E-state index in [-0.39, 0.29) is 24.6 Å². The number of rotatable bonds is 4. The van der Waals surface area contributed by atoms with Crippen LogP contribution in [0.15, 0.2) is 66.9 Å². The van der Waals surface area contributed by atoms with Crippen LogP contribution < -0.4 is 0 Å². The summed E-state index contributed by atoms with van der Waals surface area (Å²) in [4.78, 5) is 22.7. The molecule has 3 heterocycles. The van der Waals surface area contributed by atoms with E-state index in [1.165, 1.54) is 31.2 Å². The first-order valence-electron chi connectivity index (χ1n) is 12.4. The van der Waals surface area contributed by atoms with Gasteiger partial charge in [-0.05, 0) is 61.7 Å². The molecule has 1 unspecified atom stereocenters. The van der Waals surface area contributed by atoms with Crippen LogP contribution in [0.1, 0.15) is 49.6 Å². The van der Waals surface area contributed by atoms with Crippen molar-refractivity contribution in [3.63, 3.8) is 0 Å². The Morgan fingerprint density at radius 2 is 1.86 bits per heavy atom. The maximum Gasteiger partial charge on any atom is 0.256 e. The number of amides is 1. The Hall–Kier alpha value is -4.07. The lowest BCUT2D eigenvalue weighted by molar-refractivity contribution is 0.0704. The Kier molecular flexibility index (Phi) is 5.74. The highest BCUT2D eigenvalue weighted by Gasteiger charge is 2.30. The molecule has 1 aliphatic rings. The number of hydrogen-bond donors (Lipinski definition) is 1. The number of imidazole rings is 1. The second-order valence-electron chi connectivity index (χ2n) is 9.56. The minimum absolute atomic E-state index is 0. The van der Waals surface area contributed by atoms with Crippen LogP contribution in [0.5, 0.6) is 0 Å². The number of fused-ring (bicyclic) bond motifs is 2. The van der Waals surface area contributed by atoms with Crippen LogP contribution in [-0.2, 0) is 0 Å². The highest BCUT2D eigenvalue weighted by atomic mass is 19.1. The molecule has 0 aliphatic carbocycles. The van der Waals surface area contributed by atoms with Crippen LogP contribution >= 0.6 is 0 Å².